The highest BCUT2D eigenvalue weighted by Gasteiger charge is 2.14. The first-order chi connectivity index (χ1) is 7.99. The molecule has 0 radical (unpaired) electrons. The van der Waals surface area contributed by atoms with Gasteiger partial charge in [-0.05, 0) is 25.1 Å². The molecule has 17 heavy (non-hydrogen) atoms. The van der Waals surface area contributed by atoms with E-state index >= 15 is 0 Å². The third-order valence-corrected chi connectivity index (χ3v) is 2.60. The minimum Gasteiger partial charge on any atom is -0.440 e. The Hall–Kier alpha value is -1.68. The van der Waals surface area contributed by atoms with Crippen LogP contribution in [0.15, 0.2) is 22.6 Å². The fraction of sp³-hybridized carbons (Fsp3) is 0.385. The predicted octanol–water partition coefficient (Wildman–Crippen LogP) is 2.48. The van der Waals surface area contributed by atoms with Crippen LogP contribution in [-0.2, 0) is 0 Å². The van der Waals surface area contributed by atoms with Crippen molar-refractivity contribution in [3.8, 4) is 0 Å². The van der Waals surface area contributed by atoms with Crippen LogP contribution in [0.3, 0.4) is 0 Å². The van der Waals surface area contributed by atoms with Gasteiger partial charge in [0, 0.05) is 11.5 Å². The van der Waals surface area contributed by atoms with Gasteiger partial charge in [-0.25, -0.2) is 4.98 Å². The van der Waals surface area contributed by atoms with E-state index in [0.717, 1.165) is 0 Å². The molecule has 1 aromatic heterocycles. The number of nitrogens with zero attached hydrogens (tertiary/aromatic N) is 1. The maximum absolute atomic E-state index is 11.7. The van der Waals surface area contributed by atoms with Gasteiger partial charge in [0.15, 0.2) is 17.3 Å². The van der Waals surface area contributed by atoms with Crippen molar-refractivity contribution in [2.24, 2.45) is 5.73 Å². The van der Waals surface area contributed by atoms with E-state index in [1.807, 2.05) is 13.8 Å². The van der Waals surface area contributed by atoms with Crippen molar-refractivity contribution in [2.75, 3.05) is 0 Å². The van der Waals surface area contributed by atoms with Gasteiger partial charge in [-0.1, -0.05) is 13.8 Å². The third kappa shape index (κ3) is 2.22. The molecular weight excluding hydrogens is 216 g/mol. The zero-order valence-corrected chi connectivity index (χ0v) is 10.2. The Morgan fingerprint density at radius 3 is 2.65 bits per heavy atom. The Bertz CT molecular complexity index is 556. The first-order valence-electron chi connectivity index (χ1n) is 5.69. The lowest BCUT2D eigenvalue weighted by atomic mass is 10.1. The number of Topliss-reactive ketones (excluding diaryl/α,β-unsaturated/α-hetero) is 1. The quantitative estimate of drug-likeness (QED) is 0.825. The molecule has 0 saturated heterocycles. The Labute approximate surface area is 99.8 Å². The second-order valence-electron chi connectivity index (χ2n) is 4.54. The van der Waals surface area contributed by atoms with Gasteiger partial charge < -0.3 is 10.2 Å². The second-order valence-corrected chi connectivity index (χ2v) is 4.54. The summed E-state index contributed by atoms with van der Waals surface area (Å²) >= 11 is 0. The molecule has 0 fully saturated rings. The summed E-state index contributed by atoms with van der Waals surface area (Å²) in [6, 6.07) is 4.73. The van der Waals surface area contributed by atoms with Crippen LogP contribution >= 0.6 is 0 Å². The molecule has 0 aliphatic heterocycles. The maximum atomic E-state index is 11.7. The number of hydrogen-bond acceptors (Lipinski definition) is 4. The largest absolute Gasteiger partial charge is 0.440 e. The summed E-state index contributed by atoms with van der Waals surface area (Å²) < 4.78 is 5.57. The summed E-state index contributed by atoms with van der Waals surface area (Å²) in [5.74, 6) is 0.835. The van der Waals surface area contributed by atoms with Crippen molar-refractivity contribution < 1.29 is 9.21 Å². The molecule has 1 aromatic carbocycles. The number of carbonyl (C=O) groups is 1. The Kier molecular flexibility index (Phi) is 2.98. The standard InChI is InChI=1S/C13H16N2O2/c1-7(2)13-15-10-6-9(12(16)8(3)14)4-5-11(10)17-13/h4-8H,14H2,1-3H3. The zero-order chi connectivity index (χ0) is 12.6. The van der Waals surface area contributed by atoms with E-state index in [0.29, 0.717) is 22.6 Å². The van der Waals surface area contributed by atoms with Gasteiger partial charge in [0.25, 0.3) is 0 Å². The van der Waals surface area contributed by atoms with Gasteiger partial charge in [-0.3, -0.25) is 4.79 Å². The van der Waals surface area contributed by atoms with E-state index in [9.17, 15) is 4.79 Å². The van der Waals surface area contributed by atoms with Gasteiger partial charge in [0.05, 0.1) is 6.04 Å². The Morgan fingerprint density at radius 1 is 1.35 bits per heavy atom. The average molecular weight is 232 g/mol. The van der Waals surface area contributed by atoms with Crippen molar-refractivity contribution >= 4 is 16.9 Å². The van der Waals surface area contributed by atoms with Crippen LogP contribution in [0, 0.1) is 0 Å². The normalized spacial score (nSPS) is 13.2. The number of oxazole rings is 1. The van der Waals surface area contributed by atoms with Crippen LogP contribution < -0.4 is 5.73 Å². The molecule has 0 aliphatic rings. The molecule has 0 spiro atoms. The monoisotopic (exact) mass is 232 g/mol. The molecule has 1 atom stereocenters. The van der Waals surface area contributed by atoms with Gasteiger partial charge in [0.2, 0.25) is 0 Å². The van der Waals surface area contributed by atoms with E-state index in [1.54, 1.807) is 25.1 Å². The number of ketones is 1. The average Bonchev–Trinajstić information content (AvgIpc) is 2.70. The molecule has 2 N–H and O–H groups in total. The molecule has 0 saturated carbocycles. The fourth-order valence-electron chi connectivity index (χ4n) is 1.61. The number of aromatic nitrogens is 1. The van der Waals surface area contributed by atoms with Crippen LogP contribution in [0.4, 0.5) is 0 Å². The molecule has 2 aromatic rings. The summed E-state index contributed by atoms with van der Waals surface area (Å²) in [6.07, 6.45) is 0. The van der Waals surface area contributed by atoms with E-state index < -0.39 is 6.04 Å². The minimum absolute atomic E-state index is 0.0824. The molecule has 0 amide bonds. The van der Waals surface area contributed by atoms with Crippen LogP contribution in [0.1, 0.15) is 42.9 Å². The van der Waals surface area contributed by atoms with Crippen LogP contribution in [0.25, 0.3) is 11.1 Å². The molecular formula is C13H16N2O2. The number of benzene rings is 1. The van der Waals surface area contributed by atoms with E-state index in [2.05, 4.69) is 4.98 Å². The number of hydrogen-bond donors (Lipinski definition) is 1. The van der Waals surface area contributed by atoms with Gasteiger partial charge in [0.1, 0.15) is 5.52 Å². The molecule has 1 unspecified atom stereocenters. The highest BCUT2D eigenvalue weighted by atomic mass is 16.3. The molecule has 0 aliphatic carbocycles. The van der Waals surface area contributed by atoms with Crippen LogP contribution in [0.5, 0.6) is 0 Å². The van der Waals surface area contributed by atoms with Crippen LogP contribution in [0.2, 0.25) is 0 Å². The van der Waals surface area contributed by atoms with Crippen molar-refractivity contribution in [3.63, 3.8) is 0 Å². The lowest BCUT2D eigenvalue weighted by Gasteiger charge is -2.02. The lowest BCUT2D eigenvalue weighted by molar-refractivity contribution is 0.0968. The Morgan fingerprint density at radius 2 is 2.06 bits per heavy atom. The summed E-state index contributed by atoms with van der Waals surface area (Å²) in [4.78, 5) is 16.1. The number of fused-ring (bicyclic) bond motifs is 1. The van der Waals surface area contributed by atoms with Crippen molar-refractivity contribution in [1.82, 2.24) is 4.98 Å². The van der Waals surface area contributed by atoms with E-state index in [4.69, 9.17) is 10.2 Å². The second kappa shape index (κ2) is 4.30. The number of nitrogens with two attached hydrogens (primary N) is 1. The van der Waals surface area contributed by atoms with Crippen LogP contribution in [-0.4, -0.2) is 16.8 Å². The maximum Gasteiger partial charge on any atom is 0.198 e. The highest BCUT2D eigenvalue weighted by molar-refractivity contribution is 6.01. The summed E-state index contributed by atoms with van der Waals surface area (Å²) in [5, 5.41) is 0. The van der Waals surface area contributed by atoms with Crippen molar-refractivity contribution in [2.45, 2.75) is 32.7 Å². The smallest absolute Gasteiger partial charge is 0.198 e. The first-order valence-corrected chi connectivity index (χ1v) is 5.69. The third-order valence-electron chi connectivity index (χ3n) is 2.60. The SMILES string of the molecule is CC(N)C(=O)c1ccc2oc(C(C)C)nc2c1. The van der Waals surface area contributed by atoms with Gasteiger partial charge in [-0.15, -0.1) is 0 Å². The molecule has 4 heteroatoms. The lowest BCUT2D eigenvalue weighted by Crippen LogP contribution is -2.26. The molecule has 2 rings (SSSR count). The van der Waals surface area contributed by atoms with Gasteiger partial charge in [-0.2, -0.15) is 0 Å². The van der Waals surface area contributed by atoms with Crippen molar-refractivity contribution in [3.05, 3.63) is 29.7 Å². The minimum atomic E-state index is -0.496. The van der Waals surface area contributed by atoms with Gasteiger partial charge >= 0.3 is 0 Å². The topological polar surface area (TPSA) is 69.1 Å². The van der Waals surface area contributed by atoms with E-state index in [1.165, 1.54) is 0 Å². The molecule has 0 bridgehead atoms. The summed E-state index contributed by atoms with van der Waals surface area (Å²) in [7, 11) is 0. The number of carbonyl (C=O) groups excluding carboxylic acids is 1. The first kappa shape index (κ1) is 11.8. The Balaban J connectivity index is 2.47. The summed E-state index contributed by atoms with van der Waals surface area (Å²) in [6.45, 7) is 5.70. The highest BCUT2D eigenvalue weighted by Crippen LogP contribution is 2.22. The molecule has 4 nitrogen and oxygen atoms in total. The molecule has 90 valence electrons. The molecule has 1 heterocycles. The van der Waals surface area contributed by atoms with Crippen molar-refractivity contribution in [1.29, 1.82) is 0 Å². The zero-order valence-electron chi connectivity index (χ0n) is 10.2. The fourth-order valence-corrected chi connectivity index (χ4v) is 1.61. The summed E-state index contributed by atoms with van der Waals surface area (Å²) in [5.41, 5.74) is 7.56. The predicted molar refractivity (Wildman–Crippen MR) is 66.1 cm³/mol. The number of rotatable bonds is 3. The van der Waals surface area contributed by atoms with E-state index in [-0.39, 0.29) is 11.7 Å².